The molecule has 0 bridgehead atoms. The van der Waals surface area contributed by atoms with Gasteiger partial charge < -0.3 is 14.5 Å². The lowest BCUT2D eigenvalue weighted by Gasteiger charge is -2.07. The van der Waals surface area contributed by atoms with Crippen LogP contribution in [0.25, 0.3) is 17.2 Å². The molecule has 0 aliphatic heterocycles. The van der Waals surface area contributed by atoms with Crippen LogP contribution in [0.5, 0.6) is 5.75 Å². The molecule has 0 saturated heterocycles. The van der Waals surface area contributed by atoms with E-state index in [1.165, 1.54) is 0 Å². The van der Waals surface area contributed by atoms with Gasteiger partial charge >= 0.3 is 0 Å². The third-order valence-electron chi connectivity index (χ3n) is 5.29. The Morgan fingerprint density at radius 3 is 2.68 bits per heavy atom. The Hall–Kier alpha value is -3.68. The zero-order valence-corrected chi connectivity index (χ0v) is 17.5. The second-order valence-corrected chi connectivity index (χ2v) is 7.89. The highest BCUT2D eigenvalue weighted by Crippen LogP contribution is 2.32. The number of nitrogens with zero attached hydrogens (tertiary/aromatic N) is 4. The fourth-order valence-corrected chi connectivity index (χ4v) is 3.49. The molecule has 8 heteroatoms. The summed E-state index contributed by atoms with van der Waals surface area (Å²) in [7, 11) is 1.64. The van der Waals surface area contributed by atoms with Gasteiger partial charge in [-0.15, -0.1) is 5.10 Å². The smallest absolute Gasteiger partial charge is 0.225 e. The molecule has 3 aromatic heterocycles. The zero-order valence-electron chi connectivity index (χ0n) is 17.5. The van der Waals surface area contributed by atoms with Crippen LogP contribution in [0.3, 0.4) is 0 Å². The van der Waals surface area contributed by atoms with Crippen molar-refractivity contribution >= 4 is 17.4 Å². The van der Waals surface area contributed by atoms with Gasteiger partial charge in [-0.05, 0) is 55.5 Å². The van der Waals surface area contributed by atoms with Crippen molar-refractivity contribution in [3.8, 4) is 17.3 Å². The minimum atomic E-state index is -0.0288. The predicted octanol–water partition coefficient (Wildman–Crippen LogP) is 4.03. The van der Waals surface area contributed by atoms with Gasteiger partial charge in [0.25, 0.3) is 0 Å². The Balaban J connectivity index is 1.49. The summed E-state index contributed by atoms with van der Waals surface area (Å²) in [4.78, 5) is 21.6. The standard InChI is InChI=1S/C23H23N5O3/c1-14-3-10-18(31-14)23-26-19(25-22(29)12-16-4-5-16)13-21-24-20(27-28(21)23)11-15-6-8-17(30-2)9-7-15/h3,6-10,13,16H,4-5,11-12H2,1-2H3,(H,25,29). The average Bonchev–Trinajstić information content (AvgIpc) is 3.30. The van der Waals surface area contributed by atoms with Crippen molar-refractivity contribution in [1.29, 1.82) is 0 Å². The van der Waals surface area contributed by atoms with Crippen molar-refractivity contribution in [2.45, 2.75) is 32.6 Å². The first-order chi connectivity index (χ1) is 15.1. The molecular formula is C23H23N5O3. The first-order valence-corrected chi connectivity index (χ1v) is 10.3. The highest BCUT2D eigenvalue weighted by atomic mass is 16.5. The second kappa shape index (κ2) is 7.86. The van der Waals surface area contributed by atoms with Crippen molar-refractivity contribution in [1.82, 2.24) is 19.6 Å². The zero-order chi connectivity index (χ0) is 21.4. The van der Waals surface area contributed by atoms with E-state index in [2.05, 4.69) is 20.4 Å². The van der Waals surface area contributed by atoms with E-state index in [1.54, 1.807) is 17.7 Å². The number of hydrogen-bond acceptors (Lipinski definition) is 6. The molecule has 0 radical (unpaired) electrons. The fourth-order valence-electron chi connectivity index (χ4n) is 3.49. The Labute approximate surface area is 179 Å². The summed E-state index contributed by atoms with van der Waals surface area (Å²) in [5.41, 5.74) is 1.67. The van der Waals surface area contributed by atoms with E-state index in [1.807, 2.05) is 43.3 Å². The van der Waals surface area contributed by atoms with Gasteiger partial charge in [0.05, 0.1) is 7.11 Å². The summed E-state index contributed by atoms with van der Waals surface area (Å²) in [5, 5.41) is 7.56. The molecule has 1 saturated carbocycles. The van der Waals surface area contributed by atoms with E-state index in [0.29, 0.717) is 47.6 Å². The van der Waals surface area contributed by atoms with E-state index in [4.69, 9.17) is 9.15 Å². The molecule has 3 heterocycles. The van der Waals surface area contributed by atoms with Gasteiger partial charge in [-0.3, -0.25) is 4.79 Å². The van der Waals surface area contributed by atoms with Gasteiger partial charge in [0.2, 0.25) is 11.7 Å². The minimum Gasteiger partial charge on any atom is -0.497 e. The number of methoxy groups -OCH3 is 1. The van der Waals surface area contributed by atoms with Gasteiger partial charge in [-0.25, -0.2) is 9.97 Å². The third-order valence-corrected chi connectivity index (χ3v) is 5.29. The number of nitrogens with one attached hydrogen (secondary N) is 1. The van der Waals surface area contributed by atoms with Crippen molar-refractivity contribution in [2.75, 3.05) is 12.4 Å². The van der Waals surface area contributed by atoms with Crippen LogP contribution in [0.2, 0.25) is 0 Å². The molecule has 8 nitrogen and oxygen atoms in total. The first-order valence-electron chi connectivity index (χ1n) is 10.3. The maximum atomic E-state index is 12.3. The van der Waals surface area contributed by atoms with E-state index in [-0.39, 0.29) is 5.91 Å². The number of furan rings is 1. The van der Waals surface area contributed by atoms with Crippen molar-refractivity contribution < 1.29 is 13.9 Å². The van der Waals surface area contributed by atoms with Gasteiger partial charge in [-0.2, -0.15) is 4.52 Å². The highest BCUT2D eigenvalue weighted by Gasteiger charge is 2.25. The molecule has 1 amide bonds. The molecule has 0 spiro atoms. The van der Waals surface area contributed by atoms with E-state index in [9.17, 15) is 4.79 Å². The maximum Gasteiger partial charge on any atom is 0.225 e. The predicted molar refractivity (Wildman–Crippen MR) is 115 cm³/mol. The summed E-state index contributed by atoms with van der Waals surface area (Å²) >= 11 is 0. The maximum absolute atomic E-state index is 12.3. The van der Waals surface area contributed by atoms with Crippen LogP contribution >= 0.6 is 0 Å². The summed E-state index contributed by atoms with van der Waals surface area (Å²) in [6.07, 6.45) is 3.33. The van der Waals surface area contributed by atoms with Gasteiger partial charge in [0, 0.05) is 18.9 Å². The first kappa shape index (κ1) is 19.3. The number of rotatable bonds is 7. The summed E-state index contributed by atoms with van der Waals surface area (Å²) in [6.45, 7) is 1.87. The van der Waals surface area contributed by atoms with Crippen LogP contribution in [0.15, 0.2) is 46.9 Å². The molecule has 0 unspecified atom stereocenters. The van der Waals surface area contributed by atoms with Crippen LogP contribution in [-0.2, 0) is 11.2 Å². The van der Waals surface area contributed by atoms with E-state index in [0.717, 1.165) is 29.9 Å². The van der Waals surface area contributed by atoms with E-state index < -0.39 is 0 Å². The molecule has 31 heavy (non-hydrogen) atoms. The number of carbonyl (C=O) groups is 1. The lowest BCUT2D eigenvalue weighted by molar-refractivity contribution is -0.116. The number of carbonyl (C=O) groups excluding carboxylic acids is 1. The molecule has 1 N–H and O–H groups in total. The molecule has 1 aliphatic carbocycles. The Bertz CT molecular complexity index is 1240. The molecular weight excluding hydrogens is 394 g/mol. The van der Waals surface area contributed by atoms with Gasteiger partial charge in [-0.1, -0.05) is 12.1 Å². The molecule has 1 fully saturated rings. The lowest BCUT2D eigenvalue weighted by atomic mass is 10.1. The van der Waals surface area contributed by atoms with Gasteiger partial charge in [0.1, 0.15) is 17.3 Å². The average molecular weight is 417 g/mol. The van der Waals surface area contributed by atoms with Crippen molar-refractivity contribution in [2.24, 2.45) is 5.92 Å². The summed E-state index contributed by atoms with van der Waals surface area (Å²) < 4.78 is 12.7. The number of aryl methyl sites for hydroxylation is 1. The Kier molecular flexibility index (Phi) is 4.89. The molecule has 1 aromatic carbocycles. The number of fused-ring (bicyclic) bond motifs is 1. The number of ether oxygens (including phenoxy) is 1. The number of hydrogen-bond donors (Lipinski definition) is 1. The molecule has 5 rings (SSSR count). The Morgan fingerprint density at radius 1 is 1.19 bits per heavy atom. The third kappa shape index (κ3) is 4.28. The SMILES string of the molecule is COc1ccc(Cc2nc3cc(NC(=O)CC4CC4)nc(-c4ccc(C)o4)n3n2)cc1. The summed E-state index contributed by atoms with van der Waals surface area (Å²) in [5.74, 6) is 4.22. The molecule has 0 atom stereocenters. The van der Waals surface area contributed by atoms with Gasteiger partial charge in [0.15, 0.2) is 17.2 Å². The van der Waals surface area contributed by atoms with Crippen LogP contribution in [0.4, 0.5) is 5.82 Å². The highest BCUT2D eigenvalue weighted by molar-refractivity contribution is 5.90. The number of benzene rings is 1. The topological polar surface area (TPSA) is 94.5 Å². The van der Waals surface area contributed by atoms with Crippen LogP contribution in [0, 0.1) is 12.8 Å². The molecule has 4 aromatic rings. The fraction of sp³-hybridized carbons (Fsp3) is 0.304. The van der Waals surface area contributed by atoms with Crippen molar-refractivity contribution in [3.63, 3.8) is 0 Å². The molecule has 1 aliphatic rings. The quantitative estimate of drug-likeness (QED) is 0.488. The lowest BCUT2D eigenvalue weighted by Crippen LogP contribution is -2.14. The van der Waals surface area contributed by atoms with Crippen LogP contribution in [0.1, 0.15) is 36.4 Å². The monoisotopic (exact) mass is 417 g/mol. The van der Waals surface area contributed by atoms with Crippen LogP contribution < -0.4 is 10.1 Å². The normalized spacial score (nSPS) is 13.5. The Morgan fingerprint density at radius 2 is 2.00 bits per heavy atom. The van der Waals surface area contributed by atoms with Crippen LogP contribution in [-0.4, -0.2) is 32.6 Å². The minimum absolute atomic E-state index is 0.0288. The second-order valence-electron chi connectivity index (χ2n) is 7.89. The van der Waals surface area contributed by atoms with E-state index >= 15 is 0 Å². The number of anilines is 1. The number of amides is 1. The van der Waals surface area contributed by atoms with Crippen molar-refractivity contribution in [3.05, 3.63) is 59.6 Å². The largest absolute Gasteiger partial charge is 0.497 e. The number of aromatic nitrogens is 4. The summed E-state index contributed by atoms with van der Waals surface area (Å²) in [6, 6.07) is 13.3. The molecule has 158 valence electrons.